The van der Waals surface area contributed by atoms with Gasteiger partial charge in [-0.05, 0) is 29.4 Å². The molecule has 0 aromatic heterocycles. The largest absolute Gasteiger partial charge is 0.289 e. The molecule has 0 saturated heterocycles. The van der Waals surface area contributed by atoms with Crippen molar-refractivity contribution >= 4 is 22.4 Å². The van der Waals surface area contributed by atoms with E-state index in [1.165, 1.54) is 16.3 Å². The fourth-order valence-electron chi connectivity index (χ4n) is 1.69. The number of hydrogen-bond acceptors (Lipinski definition) is 1. The lowest BCUT2D eigenvalue weighted by Crippen LogP contribution is -2.15. The van der Waals surface area contributed by atoms with Gasteiger partial charge in [-0.1, -0.05) is 36.4 Å². The van der Waals surface area contributed by atoms with E-state index < -0.39 is 0 Å². The summed E-state index contributed by atoms with van der Waals surface area (Å²) in [6.45, 7) is 0.897. The number of rotatable bonds is 3. The van der Waals surface area contributed by atoms with Crippen LogP contribution in [-0.4, -0.2) is 18.0 Å². The standard InChI is InChI=1S/C13H14ClN/c1-15(10-14)9-11-6-7-12-4-2-3-5-13(12)8-11/h2-8H,9-10H2,1H3. The number of fused-ring (bicyclic) bond motifs is 1. The molecule has 2 aromatic rings. The van der Waals surface area contributed by atoms with Crippen molar-refractivity contribution in [3.05, 3.63) is 48.0 Å². The lowest BCUT2D eigenvalue weighted by atomic mass is 10.1. The second-order valence-corrected chi connectivity index (χ2v) is 4.05. The fourth-order valence-corrected chi connectivity index (χ4v) is 1.78. The molecule has 0 aliphatic carbocycles. The predicted molar refractivity (Wildman–Crippen MR) is 66.1 cm³/mol. The summed E-state index contributed by atoms with van der Waals surface area (Å²) in [6, 6.07) is 15.5. The summed E-state index contributed by atoms with van der Waals surface area (Å²) in [5.74, 6) is 0. The summed E-state index contributed by atoms with van der Waals surface area (Å²) in [5, 5.41) is 2.58. The van der Waals surface area contributed by atoms with Crippen LogP contribution in [0.2, 0.25) is 0 Å². The Bertz CT molecular complexity index is 453. The van der Waals surface area contributed by atoms with E-state index in [0.717, 1.165) is 6.54 Å². The Kier molecular flexibility index (Phi) is 3.24. The molecule has 2 rings (SSSR count). The lowest BCUT2D eigenvalue weighted by Gasteiger charge is -2.12. The molecular formula is C13H14ClN. The van der Waals surface area contributed by atoms with Gasteiger partial charge in [0.1, 0.15) is 0 Å². The van der Waals surface area contributed by atoms with Gasteiger partial charge in [0.15, 0.2) is 0 Å². The molecule has 2 heteroatoms. The van der Waals surface area contributed by atoms with Gasteiger partial charge < -0.3 is 0 Å². The van der Waals surface area contributed by atoms with Crippen LogP contribution in [0.25, 0.3) is 10.8 Å². The van der Waals surface area contributed by atoms with Gasteiger partial charge >= 0.3 is 0 Å². The monoisotopic (exact) mass is 219 g/mol. The van der Waals surface area contributed by atoms with E-state index in [1.807, 2.05) is 7.05 Å². The van der Waals surface area contributed by atoms with Crippen molar-refractivity contribution in [2.24, 2.45) is 0 Å². The summed E-state index contributed by atoms with van der Waals surface area (Å²) >= 11 is 5.75. The average molecular weight is 220 g/mol. The van der Waals surface area contributed by atoms with Gasteiger partial charge in [0, 0.05) is 6.54 Å². The van der Waals surface area contributed by atoms with Crippen LogP contribution in [0.1, 0.15) is 5.56 Å². The minimum absolute atomic E-state index is 0.562. The highest BCUT2D eigenvalue weighted by Gasteiger charge is 1.99. The SMILES string of the molecule is CN(CCl)Cc1ccc2ccccc2c1. The Morgan fingerprint density at radius 2 is 1.80 bits per heavy atom. The molecule has 2 aromatic carbocycles. The number of hydrogen-bond donors (Lipinski definition) is 0. The summed E-state index contributed by atoms with van der Waals surface area (Å²) in [4.78, 5) is 2.08. The Balaban J connectivity index is 2.30. The zero-order chi connectivity index (χ0) is 10.7. The summed E-state index contributed by atoms with van der Waals surface area (Å²) in [5.41, 5.74) is 1.30. The molecule has 0 heterocycles. The Labute approximate surface area is 95.3 Å². The summed E-state index contributed by atoms with van der Waals surface area (Å²) < 4.78 is 0. The third-order valence-electron chi connectivity index (χ3n) is 2.47. The molecule has 78 valence electrons. The van der Waals surface area contributed by atoms with E-state index in [1.54, 1.807) is 0 Å². The van der Waals surface area contributed by atoms with Gasteiger partial charge in [-0.15, -0.1) is 11.6 Å². The van der Waals surface area contributed by atoms with Crippen molar-refractivity contribution in [3.63, 3.8) is 0 Å². The van der Waals surface area contributed by atoms with Crippen LogP contribution in [-0.2, 0) is 6.54 Å². The zero-order valence-electron chi connectivity index (χ0n) is 8.78. The molecule has 0 atom stereocenters. The van der Waals surface area contributed by atoms with Crippen molar-refractivity contribution in [2.45, 2.75) is 6.54 Å². The van der Waals surface area contributed by atoms with E-state index in [-0.39, 0.29) is 0 Å². The lowest BCUT2D eigenvalue weighted by molar-refractivity contribution is 0.382. The molecule has 0 radical (unpaired) electrons. The minimum atomic E-state index is 0.562. The Morgan fingerprint density at radius 1 is 1.07 bits per heavy atom. The van der Waals surface area contributed by atoms with Crippen LogP contribution in [0.4, 0.5) is 0 Å². The summed E-state index contributed by atoms with van der Waals surface area (Å²) in [6.07, 6.45) is 0. The van der Waals surface area contributed by atoms with Crippen molar-refractivity contribution < 1.29 is 0 Å². The van der Waals surface area contributed by atoms with Crippen LogP contribution in [0.3, 0.4) is 0 Å². The van der Waals surface area contributed by atoms with E-state index in [4.69, 9.17) is 11.6 Å². The van der Waals surface area contributed by atoms with Crippen molar-refractivity contribution in [1.29, 1.82) is 0 Å². The van der Waals surface area contributed by atoms with Crippen LogP contribution in [0.5, 0.6) is 0 Å². The number of halogens is 1. The normalized spacial score (nSPS) is 11.1. The molecule has 0 unspecified atom stereocenters. The van der Waals surface area contributed by atoms with E-state index in [9.17, 15) is 0 Å². The van der Waals surface area contributed by atoms with Crippen LogP contribution in [0, 0.1) is 0 Å². The molecule has 0 aliphatic rings. The maximum atomic E-state index is 5.75. The number of alkyl halides is 1. The average Bonchev–Trinajstić information content (AvgIpc) is 2.29. The zero-order valence-corrected chi connectivity index (χ0v) is 9.54. The first-order valence-electron chi connectivity index (χ1n) is 5.02. The number of nitrogens with zero attached hydrogens (tertiary/aromatic N) is 1. The van der Waals surface area contributed by atoms with Crippen LogP contribution < -0.4 is 0 Å². The van der Waals surface area contributed by atoms with Gasteiger partial charge in [-0.25, -0.2) is 0 Å². The molecule has 0 spiro atoms. The van der Waals surface area contributed by atoms with Gasteiger partial charge in [0.2, 0.25) is 0 Å². The molecule has 15 heavy (non-hydrogen) atoms. The minimum Gasteiger partial charge on any atom is -0.289 e. The molecule has 0 aliphatic heterocycles. The Morgan fingerprint density at radius 3 is 2.53 bits per heavy atom. The first-order valence-corrected chi connectivity index (χ1v) is 5.55. The van der Waals surface area contributed by atoms with Crippen molar-refractivity contribution in [2.75, 3.05) is 13.1 Å². The van der Waals surface area contributed by atoms with Crippen LogP contribution in [0.15, 0.2) is 42.5 Å². The molecule has 0 saturated carbocycles. The van der Waals surface area contributed by atoms with E-state index in [2.05, 4.69) is 47.4 Å². The quantitative estimate of drug-likeness (QED) is 0.565. The van der Waals surface area contributed by atoms with Gasteiger partial charge in [0.25, 0.3) is 0 Å². The van der Waals surface area contributed by atoms with E-state index in [0.29, 0.717) is 6.00 Å². The van der Waals surface area contributed by atoms with E-state index >= 15 is 0 Å². The maximum absolute atomic E-state index is 5.75. The first kappa shape index (κ1) is 10.5. The highest BCUT2D eigenvalue weighted by atomic mass is 35.5. The second kappa shape index (κ2) is 4.65. The highest BCUT2D eigenvalue weighted by molar-refractivity contribution is 6.17. The first-order chi connectivity index (χ1) is 7.29. The van der Waals surface area contributed by atoms with Gasteiger partial charge in [-0.3, -0.25) is 4.90 Å². The molecule has 0 N–H and O–H groups in total. The molecule has 0 amide bonds. The molecule has 0 fully saturated rings. The Hall–Kier alpha value is -1.05. The van der Waals surface area contributed by atoms with Gasteiger partial charge in [-0.2, -0.15) is 0 Å². The smallest absolute Gasteiger partial charge is 0.0738 e. The van der Waals surface area contributed by atoms with Crippen molar-refractivity contribution in [1.82, 2.24) is 4.90 Å². The highest BCUT2D eigenvalue weighted by Crippen LogP contribution is 2.16. The molecular weight excluding hydrogens is 206 g/mol. The second-order valence-electron chi connectivity index (χ2n) is 3.82. The maximum Gasteiger partial charge on any atom is 0.0738 e. The fraction of sp³-hybridized carbons (Fsp3) is 0.231. The third kappa shape index (κ3) is 2.49. The topological polar surface area (TPSA) is 3.24 Å². The molecule has 0 bridgehead atoms. The molecule has 1 nitrogen and oxygen atoms in total. The van der Waals surface area contributed by atoms with Gasteiger partial charge in [0.05, 0.1) is 6.00 Å². The van der Waals surface area contributed by atoms with Crippen LogP contribution >= 0.6 is 11.6 Å². The van der Waals surface area contributed by atoms with Crippen molar-refractivity contribution in [3.8, 4) is 0 Å². The predicted octanol–water partition coefficient (Wildman–Crippen LogP) is 3.47. The summed E-state index contributed by atoms with van der Waals surface area (Å²) in [7, 11) is 2.02. The third-order valence-corrected chi connectivity index (χ3v) is 2.88. The number of benzene rings is 2.